The van der Waals surface area contributed by atoms with Gasteiger partial charge in [-0.1, -0.05) is 24.3 Å². The van der Waals surface area contributed by atoms with E-state index in [0.717, 1.165) is 12.0 Å². The number of hydrogen-bond acceptors (Lipinski definition) is 2. The lowest BCUT2D eigenvalue weighted by Crippen LogP contribution is -2.33. The van der Waals surface area contributed by atoms with E-state index >= 15 is 0 Å². The van der Waals surface area contributed by atoms with Crippen LogP contribution in [0.3, 0.4) is 0 Å². The highest BCUT2D eigenvalue weighted by atomic mass is 28.4. The molecule has 2 unspecified atom stereocenters. The Morgan fingerprint density at radius 1 is 1.31 bits per heavy atom. The minimum Gasteiger partial charge on any atom is -0.413 e. The predicted octanol–water partition coefficient (Wildman–Crippen LogP) is 3.07. The lowest BCUT2D eigenvalue weighted by Gasteiger charge is -2.25. The Bertz CT molecular complexity index is 430. The summed E-state index contributed by atoms with van der Waals surface area (Å²) in [5.74, 6) is -0.0806. The quantitative estimate of drug-likeness (QED) is 0.733. The van der Waals surface area contributed by atoms with Crippen LogP contribution in [0.25, 0.3) is 0 Å². The Balaban J connectivity index is 2.25. The average molecular weight is 231 g/mol. The summed E-state index contributed by atoms with van der Waals surface area (Å²) in [4.78, 5) is 0. The van der Waals surface area contributed by atoms with Crippen molar-refractivity contribution in [2.75, 3.05) is 0 Å². The van der Waals surface area contributed by atoms with Crippen molar-refractivity contribution in [2.45, 2.75) is 38.1 Å². The molecule has 84 valence electrons. The van der Waals surface area contributed by atoms with E-state index in [1.807, 2.05) is 12.1 Å². The Morgan fingerprint density at radius 3 is 2.62 bits per heavy atom. The molecule has 0 radical (unpaired) electrons. The molecule has 0 aliphatic heterocycles. The monoisotopic (exact) mass is 231 g/mol. The highest BCUT2D eigenvalue weighted by Crippen LogP contribution is 2.35. The summed E-state index contributed by atoms with van der Waals surface area (Å²) < 4.78 is 6.10. The minimum absolute atomic E-state index is 0.0640. The van der Waals surface area contributed by atoms with Gasteiger partial charge in [0.2, 0.25) is 0 Å². The highest BCUT2D eigenvalue weighted by Gasteiger charge is 2.35. The van der Waals surface area contributed by atoms with Crippen LogP contribution >= 0.6 is 0 Å². The summed E-state index contributed by atoms with van der Waals surface area (Å²) in [7, 11) is -1.57. The third-order valence-electron chi connectivity index (χ3n) is 2.83. The van der Waals surface area contributed by atoms with E-state index in [-0.39, 0.29) is 12.0 Å². The zero-order valence-corrected chi connectivity index (χ0v) is 11.0. The van der Waals surface area contributed by atoms with Crippen molar-refractivity contribution < 1.29 is 4.43 Å². The fraction of sp³-hybridized carbons (Fsp3) is 0.462. The molecule has 3 heteroatoms. The minimum atomic E-state index is -1.57. The Labute approximate surface area is 98.0 Å². The first-order valence-electron chi connectivity index (χ1n) is 5.66. The molecule has 0 heterocycles. The maximum atomic E-state index is 9.27. The van der Waals surface area contributed by atoms with E-state index < -0.39 is 8.32 Å². The number of hydrogen-bond donors (Lipinski definition) is 0. The molecule has 0 aromatic heterocycles. The van der Waals surface area contributed by atoms with E-state index in [1.165, 1.54) is 5.56 Å². The zero-order valence-electron chi connectivity index (χ0n) is 10.0. The summed E-state index contributed by atoms with van der Waals surface area (Å²) in [5.41, 5.74) is 2.44. The van der Waals surface area contributed by atoms with Gasteiger partial charge in [-0.25, -0.2) is 0 Å². The van der Waals surface area contributed by atoms with Gasteiger partial charge in [-0.3, -0.25) is 0 Å². The van der Waals surface area contributed by atoms with Crippen LogP contribution in [0.15, 0.2) is 24.3 Å². The molecule has 0 spiro atoms. The van der Waals surface area contributed by atoms with Crippen molar-refractivity contribution in [2.24, 2.45) is 0 Å². The SMILES string of the molecule is C[Si](C)(C)OC1Cc2ccccc2C1C#N. The van der Waals surface area contributed by atoms with Crippen molar-refractivity contribution in [3.63, 3.8) is 0 Å². The van der Waals surface area contributed by atoms with Gasteiger partial charge in [0.25, 0.3) is 0 Å². The van der Waals surface area contributed by atoms with Crippen LogP contribution in [-0.2, 0) is 10.8 Å². The molecule has 1 aliphatic rings. The summed E-state index contributed by atoms with van der Waals surface area (Å²) in [6, 6.07) is 10.6. The molecule has 1 aromatic rings. The van der Waals surface area contributed by atoms with Gasteiger partial charge < -0.3 is 4.43 Å². The summed E-state index contributed by atoms with van der Waals surface area (Å²) in [6.45, 7) is 6.51. The molecule has 0 saturated heterocycles. The maximum absolute atomic E-state index is 9.27. The molecule has 2 atom stereocenters. The maximum Gasteiger partial charge on any atom is 0.184 e. The lowest BCUT2D eigenvalue weighted by atomic mass is 10.0. The third-order valence-corrected chi connectivity index (χ3v) is 3.84. The number of rotatable bonds is 2. The zero-order chi connectivity index (χ0) is 11.8. The number of nitrogens with zero attached hydrogens (tertiary/aromatic N) is 1. The van der Waals surface area contributed by atoms with Crippen LogP contribution in [0.5, 0.6) is 0 Å². The van der Waals surface area contributed by atoms with Crippen LogP contribution < -0.4 is 0 Å². The van der Waals surface area contributed by atoms with E-state index in [4.69, 9.17) is 4.43 Å². The van der Waals surface area contributed by atoms with Crippen molar-refractivity contribution in [3.05, 3.63) is 35.4 Å². The average Bonchev–Trinajstić information content (AvgIpc) is 2.51. The Kier molecular flexibility index (Phi) is 2.87. The van der Waals surface area contributed by atoms with Gasteiger partial charge in [0.05, 0.1) is 18.1 Å². The molecule has 1 aromatic carbocycles. The molecule has 16 heavy (non-hydrogen) atoms. The largest absolute Gasteiger partial charge is 0.413 e. The molecule has 0 N–H and O–H groups in total. The molecule has 0 saturated carbocycles. The van der Waals surface area contributed by atoms with Crippen LogP contribution in [0.2, 0.25) is 19.6 Å². The van der Waals surface area contributed by atoms with Gasteiger partial charge in [0, 0.05) is 0 Å². The van der Waals surface area contributed by atoms with Crippen molar-refractivity contribution in [1.82, 2.24) is 0 Å². The molecular weight excluding hydrogens is 214 g/mol. The van der Waals surface area contributed by atoms with E-state index in [2.05, 4.69) is 37.8 Å². The summed E-state index contributed by atoms with van der Waals surface area (Å²) in [5, 5.41) is 9.27. The second-order valence-corrected chi connectivity index (χ2v) is 9.74. The standard InChI is InChI=1S/C13H17NOSi/c1-16(2,3)15-13-8-10-6-4-5-7-11(10)12(13)9-14/h4-7,12-13H,8H2,1-3H3. The van der Waals surface area contributed by atoms with Crippen molar-refractivity contribution >= 4 is 8.32 Å². The van der Waals surface area contributed by atoms with Gasteiger partial charge in [-0.2, -0.15) is 5.26 Å². The fourth-order valence-corrected chi connectivity index (χ4v) is 3.40. The summed E-state index contributed by atoms with van der Waals surface area (Å²) >= 11 is 0. The number of benzene rings is 1. The Morgan fingerprint density at radius 2 is 2.00 bits per heavy atom. The normalized spacial score (nSPS) is 23.9. The van der Waals surface area contributed by atoms with Gasteiger partial charge in [-0.15, -0.1) is 0 Å². The van der Waals surface area contributed by atoms with Gasteiger partial charge in [-0.05, 0) is 37.2 Å². The molecular formula is C13H17NOSi. The van der Waals surface area contributed by atoms with E-state index in [1.54, 1.807) is 0 Å². The van der Waals surface area contributed by atoms with Crippen LogP contribution in [0.1, 0.15) is 17.0 Å². The van der Waals surface area contributed by atoms with Gasteiger partial charge in [0.15, 0.2) is 8.32 Å². The molecule has 0 amide bonds. The van der Waals surface area contributed by atoms with E-state index in [9.17, 15) is 5.26 Å². The molecule has 1 aliphatic carbocycles. The second-order valence-electron chi connectivity index (χ2n) is 5.28. The van der Waals surface area contributed by atoms with Crippen molar-refractivity contribution in [3.8, 4) is 6.07 Å². The topological polar surface area (TPSA) is 33.0 Å². The van der Waals surface area contributed by atoms with Gasteiger partial charge in [0.1, 0.15) is 0 Å². The molecule has 2 nitrogen and oxygen atoms in total. The van der Waals surface area contributed by atoms with Gasteiger partial charge >= 0.3 is 0 Å². The summed E-state index contributed by atoms with van der Waals surface area (Å²) in [6.07, 6.45) is 0.952. The molecule has 0 fully saturated rings. The smallest absolute Gasteiger partial charge is 0.184 e. The van der Waals surface area contributed by atoms with Crippen LogP contribution in [-0.4, -0.2) is 14.4 Å². The first-order valence-corrected chi connectivity index (χ1v) is 9.07. The second kappa shape index (κ2) is 4.04. The Hall–Kier alpha value is -1.11. The first kappa shape index (κ1) is 11.4. The number of nitriles is 1. The predicted molar refractivity (Wildman–Crippen MR) is 66.7 cm³/mol. The highest BCUT2D eigenvalue weighted by molar-refractivity contribution is 6.69. The number of fused-ring (bicyclic) bond motifs is 1. The van der Waals surface area contributed by atoms with Crippen LogP contribution in [0.4, 0.5) is 0 Å². The molecule has 0 bridgehead atoms. The fourth-order valence-electron chi connectivity index (χ4n) is 2.27. The lowest BCUT2D eigenvalue weighted by molar-refractivity contribution is 0.193. The van der Waals surface area contributed by atoms with Crippen molar-refractivity contribution in [1.29, 1.82) is 5.26 Å². The van der Waals surface area contributed by atoms with E-state index in [0.29, 0.717) is 0 Å². The third kappa shape index (κ3) is 2.18. The van der Waals surface area contributed by atoms with Crippen LogP contribution in [0, 0.1) is 11.3 Å². The first-order chi connectivity index (χ1) is 7.51. The molecule has 2 rings (SSSR count).